The monoisotopic (exact) mass is 348 g/mol. The van der Waals surface area contributed by atoms with E-state index in [4.69, 9.17) is 16.1 Å². The van der Waals surface area contributed by atoms with Crippen molar-refractivity contribution in [1.82, 2.24) is 15.8 Å². The lowest BCUT2D eigenvalue weighted by Gasteiger charge is -2.19. The summed E-state index contributed by atoms with van der Waals surface area (Å²) in [5.74, 6) is 0.661. The van der Waals surface area contributed by atoms with E-state index in [2.05, 4.69) is 20.7 Å². The van der Waals surface area contributed by atoms with Gasteiger partial charge < -0.3 is 20.1 Å². The molecule has 1 aliphatic rings. The van der Waals surface area contributed by atoms with Gasteiger partial charge in [-0.15, -0.1) is 0 Å². The highest BCUT2D eigenvalue weighted by atomic mass is 35.5. The number of rotatable bonds is 5. The first-order chi connectivity index (χ1) is 11.6. The van der Waals surface area contributed by atoms with E-state index in [0.717, 1.165) is 42.3 Å². The zero-order valence-electron chi connectivity index (χ0n) is 13.6. The van der Waals surface area contributed by atoms with E-state index < -0.39 is 0 Å². The van der Waals surface area contributed by atoms with E-state index in [0.29, 0.717) is 12.3 Å². The Bertz CT molecular complexity index is 703. The second-order valence-electron chi connectivity index (χ2n) is 5.88. The molecule has 2 aromatic rings. The van der Waals surface area contributed by atoms with Crippen LogP contribution < -0.4 is 15.5 Å². The lowest BCUT2D eigenvalue weighted by molar-refractivity contribution is 0.235. The van der Waals surface area contributed by atoms with Crippen LogP contribution in [0.5, 0.6) is 0 Å². The van der Waals surface area contributed by atoms with Crippen molar-refractivity contribution in [1.29, 1.82) is 0 Å². The summed E-state index contributed by atoms with van der Waals surface area (Å²) >= 11 is 6.04. The van der Waals surface area contributed by atoms with E-state index in [1.54, 1.807) is 0 Å². The Hall–Kier alpha value is -2.21. The van der Waals surface area contributed by atoms with Crippen LogP contribution in [0.25, 0.3) is 0 Å². The van der Waals surface area contributed by atoms with Gasteiger partial charge in [-0.3, -0.25) is 0 Å². The summed E-state index contributed by atoms with van der Waals surface area (Å²) < 4.78 is 5.15. The Balaban J connectivity index is 1.45. The number of hydrogen-bond acceptors (Lipinski definition) is 4. The quantitative estimate of drug-likeness (QED) is 0.871. The molecule has 1 saturated heterocycles. The van der Waals surface area contributed by atoms with Crippen molar-refractivity contribution in [3.05, 3.63) is 46.8 Å². The molecule has 1 aromatic carbocycles. The molecule has 0 aliphatic carbocycles. The van der Waals surface area contributed by atoms with Gasteiger partial charge in [0.2, 0.25) is 0 Å². The Morgan fingerprint density at radius 1 is 1.46 bits per heavy atom. The Labute approximate surface area is 146 Å². The molecule has 2 amide bonds. The molecule has 6 nitrogen and oxygen atoms in total. The fourth-order valence-electron chi connectivity index (χ4n) is 2.79. The van der Waals surface area contributed by atoms with E-state index in [9.17, 15) is 4.79 Å². The van der Waals surface area contributed by atoms with Gasteiger partial charge in [0.05, 0.1) is 12.2 Å². The van der Waals surface area contributed by atoms with Gasteiger partial charge in [0.25, 0.3) is 0 Å². The van der Waals surface area contributed by atoms with Gasteiger partial charge in [-0.25, -0.2) is 4.79 Å². The number of aromatic nitrogens is 1. The summed E-state index contributed by atoms with van der Waals surface area (Å²) in [6, 6.07) is 9.55. The van der Waals surface area contributed by atoms with Crippen molar-refractivity contribution in [3.8, 4) is 0 Å². The molecule has 2 N–H and O–H groups in total. The molecule has 0 saturated carbocycles. The molecule has 0 radical (unpaired) electrons. The van der Waals surface area contributed by atoms with E-state index in [1.807, 2.05) is 37.3 Å². The predicted molar refractivity (Wildman–Crippen MR) is 93.3 cm³/mol. The number of anilines is 1. The summed E-state index contributed by atoms with van der Waals surface area (Å²) in [4.78, 5) is 14.2. The smallest absolute Gasteiger partial charge is 0.315 e. The van der Waals surface area contributed by atoms with Crippen LogP contribution in [-0.4, -0.2) is 30.3 Å². The molecule has 2 heterocycles. The standard InChI is InChI=1S/C17H21ClN4O2/c1-2-13-9-16(24-21-13)10-19-17(23)20-14-6-7-22(11-14)15-5-3-4-12(18)8-15/h3-5,8-9,14H,2,6-7,10-11H2,1H3,(H2,19,20,23). The average Bonchev–Trinajstić information content (AvgIpc) is 3.22. The van der Waals surface area contributed by atoms with Crippen molar-refractivity contribution in [3.63, 3.8) is 0 Å². The summed E-state index contributed by atoms with van der Waals surface area (Å²) in [6.45, 7) is 4.01. The van der Waals surface area contributed by atoms with Crippen LogP contribution in [-0.2, 0) is 13.0 Å². The van der Waals surface area contributed by atoms with Gasteiger partial charge in [0.15, 0.2) is 5.76 Å². The predicted octanol–water partition coefficient (Wildman–Crippen LogP) is 2.97. The van der Waals surface area contributed by atoms with Crippen molar-refractivity contribution in [2.75, 3.05) is 18.0 Å². The molecule has 1 atom stereocenters. The van der Waals surface area contributed by atoms with Crippen LogP contribution in [0.2, 0.25) is 5.02 Å². The third-order valence-corrected chi connectivity index (χ3v) is 4.33. The second-order valence-corrected chi connectivity index (χ2v) is 6.31. The first-order valence-electron chi connectivity index (χ1n) is 8.13. The molecule has 7 heteroatoms. The molecule has 1 aliphatic heterocycles. The maximum atomic E-state index is 12.0. The Kier molecular flexibility index (Phi) is 5.25. The van der Waals surface area contributed by atoms with Crippen LogP contribution in [0.15, 0.2) is 34.9 Å². The summed E-state index contributed by atoms with van der Waals surface area (Å²) in [5.41, 5.74) is 1.97. The number of aryl methyl sites for hydroxylation is 1. The molecule has 1 unspecified atom stereocenters. The van der Waals surface area contributed by atoms with Gasteiger partial charge in [-0.1, -0.05) is 29.7 Å². The lowest BCUT2D eigenvalue weighted by atomic mass is 10.3. The highest BCUT2D eigenvalue weighted by Gasteiger charge is 2.24. The summed E-state index contributed by atoms with van der Waals surface area (Å²) in [5, 5.41) is 10.4. The minimum Gasteiger partial charge on any atom is -0.369 e. The number of carbonyl (C=O) groups is 1. The van der Waals surface area contributed by atoms with E-state index >= 15 is 0 Å². The largest absolute Gasteiger partial charge is 0.369 e. The molecule has 128 valence electrons. The van der Waals surface area contributed by atoms with Gasteiger partial charge >= 0.3 is 6.03 Å². The SMILES string of the molecule is CCc1cc(CNC(=O)NC2CCN(c3cccc(Cl)c3)C2)on1. The minimum absolute atomic E-state index is 0.116. The van der Waals surface area contributed by atoms with E-state index in [1.165, 1.54) is 0 Å². The normalized spacial score (nSPS) is 17.1. The maximum Gasteiger partial charge on any atom is 0.315 e. The molecule has 1 aromatic heterocycles. The first-order valence-corrected chi connectivity index (χ1v) is 8.51. The average molecular weight is 349 g/mol. The molecular weight excluding hydrogens is 328 g/mol. The third-order valence-electron chi connectivity index (χ3n) is 4.09. The van der Waals surface area contributed by atoms with Crippen molar-refractivity contribution in [2.24, 2.45) is 0 Å². The minimum atomic E-state index is -0.192. The molecule has 0 spiro atoms. The Morgan fingerprint density at radius 2 is 2.33 bits per heavy atom. The number of carbonyl (C=O) groups excluding carboxylic acids is 1. The van der Waals surface area contributed by atoms with Gasteiger partial charge in [0.1, 0.15) is 0 Å². The number of halogens is 1. The highest BCUT2D eigenvalue weighted by Crippen LogP contribution is 2.23. The van der Waals surface area contributed by atoms with Crippen molar-refractivity contribution >= 4 is 23.3 Å². The highest BCUT2D eigenvalue weighted by molar-refractivity contribution is 6.30. The van der Waals surface area contributed by atoms with Gasteiger partial charge in [-0.05, 0) is 31.0 Å². The van der Waals surface area contributed by atoms with Gasteiger partial charge in [-0.2, -0.15) is 0 Å². The molecule has 1 fully saturated rings. The van der Waals surface area contributed by atoms with Crippen LogP contribution in [0.1, 0.15) is 24.8 Å². The first kappa shape index (κ1) is 16.6. The summed E-state index contributed by atoms with van der Waals surface area (Å²) in [6.07, 6.45) is 1.72. The number of nitrogens with one attached hydrogen (secondary N) is 2. The Morgan fingerprint density at radius 3 is 3.08 bits per heavy atom. The number of urea groups is 1. The zero-order valence-corrected chi connectivity index (χ0v) is 14.3. The van der Waals surface area contributed by atoms with E-state index in [-0.39, 0.29) is 12.1 Å². The maximum absolute atomic E-state index is 12.0. The second kappa shape index (κ2) is 7.57. The van der Waals surface area contributed by atoms with Gasteiger partial charge in [0, 0.05) is 35.9 Å². The number of amides is 2. The van der Waals surface area contributed by atoms with Crippen LogP contribution in [0.3, 0.4) is 0 Å². The van der Waals surface area contributed by atoms with Crippen LogP contribution in [0.4, 0.5) is 10.5 Å². The van der Waals surface area contributed by atoms with Crippen molar-refractivity contribution in [2.45, 2.75) is 32.4 Å². The molecule has 24 heavy (non-hydrogen) atoms. The van der Waals surface area contributed by atoms with Crippen molar-refractivity contribution < 1.29 is 9.32 Å². The number of hydrogen-bond donors (Lipinski definition) is 2. The zero-order chi connectivity index (χ0) is 16.9. The number of nitrogens with zero attached hydrogens (tertiary/aromatic N) is 2. The fraction of sp³-hybridized carbons (Fsp3) is 0.412. The molecule has 0 bridgehead atoms. The molecular formula is C17H21ClN4O2. The molecule has 3 rings (SSSR count). The van der Waals surface area contributed by atoms with Crippen LogP contribution >= 0.6 is 11.6 Å². The topological polar surface area (TPSA) is 70.4 Å². The fourth-order valence-corrected chi connectivity index (χ4v) is 2.98. The van der Waals surface area contributed by atoms with Crippen LogP contribution in [0, 0.1) is 0 Å². The third kappa shape index (κ3) is 4.20. The number of benzene rings is 1. The lowest BCUT2D eigenvalue weighted by Crippen LogP contribution is -2.43. The summed E-state index contributed by atoms with van der Waals surface area (Å²) in [7, 11) is 0.